The quantitative estimate of drug-likeness (QED) is 0.796. The van der Waals surface area contributed by atoms with Crippen molar-refractivity contribution in [1.82, 2.24) is 9.78 Å². The predicted molar refractivity (Wildman–Crippen MR) is 55.9 cm³/mol. The van der Waals surface area contributed by atoms with Gasteiger partial charge in [-0.2, -0.15) is 10.4 Å². The number of halogens is 2. The number of rotatable bonds is 1. The molecule has 0 radical (unpaired) electrons. The van der Waals surface area contributed by atoms with E-state index < -0.39 is 0 Å². The van der Waals surface area contributed by atoms with Crippen LogP contribution in [0.15, 0.2) is 35.1 Å². The lowest BCUT2D eigenvalue weighted by atomic mass is 10.3. The van der Waals surface area contributed by atoms with Gasteiger partial charge in [-0.05, 0) is 40.2 Å². The van der Waals surface area contributed by atoms with Crippen LogP contribution in [0.5, 0.6) is 0 Å². The van der Waals surface area contributed by atoms with Crippen LogP contribution in [0.4, 0.5) is 4.39 Å². The van der Waals surface area contributed by atoms with E-state index in [9.17, 15) is 4.39 Å². The smallest absolute Gasteiger partial charge is 0.127 e. The summed E-state index contributed by atoms with van der Waals surface area (Å²) < 4.78 is 14.8. The van der Waals surface area contributed by atoms with E-state index in [2.05, 4.69) is 21.0 Å². The minimum atomic E-state index is -0.303. The van der Waals surface area contributed by atoms with Crippen LogP contribution < -0.4 is 0 Å². The topological polar surface area (TPSA) is 41.6 Å². The number of nitrogens with zero attached hydrogens (tertiary/aromatic N) is 3. The van der Waals surface area contributed by atoms with E-state index in [1.54, 1.807) is 12.1 Å². The Labute approximate surface area is 93.9 Å². The predicted octanol–water partition coefficient (Wildman–Crippen LogP) is 2.65. The second kappa shape index (κ2) is 3.83. The lowest BCUT2D eigenvalue weighted by Crippen LogP contribution is -1.96. The fourth-order valence-corrected chi connectivity index (χ4v) is 1.66. The fourth-order valence-electron chi connectivity index (χ4n) is 1.17. The van der Waals surface area contributed by atoms with Crippen LogP contribution in [0.3, 0.4) is 0 Å². The summed E-state index contributed by atoms with van der Waals surface area (Å²) in [7, 11) is 0. The molecule has 0 N–H and O–H groups in total. The zero-order valence-electron chi connectivity index (χ0n) is 7.48. The summed E-state index contributed by atoms with van der Waals surface area (Å²) in [6.07, 6.45) is 1.45. The first-order chi connectivity index (χ1) is 7.22. The van der Waals surface area contributed by atoms with Gasteiger partial charge < -0.3 is 0 Å². The second-order valence-electron chi connectivity index (χ2n) is 2.85. The van der Waals surface area contributed by atoms with Crippen molar-refractivity contribution < 1.29 is 4.39 Å². The van der Waals surface area contributed by atoms with E-state index in [1.807, 2.05) is 6.07 Å². The third-order valence-electron chi connectivity index (χ3n) is 1.90. The van der Waals surface area contributed by atoms with Gasteiger partial charge >= 0.3 is 0 Å². The molecule has 0 bridgehead atoms. The van der Waals surface area contributed by atoms with E-state index in [0.29, 0.717) is 15.9 Å². The molecule has 0 spiro atoms. The summed E-state index contributed by atoms with van der Waals surface area (Å²) in [4.78, 5) is 0. The van der Waals surface area contributed by atoms with Gasteiger partial charge in [-0.15, -0.1) is 0 Å². The second-order valence-corrected chi connectivity index (χ2v) is 3.60. The van der Waals surface area contributed by atoms with E-state index >= 15 is 0 Å². The fraction of sp³-hybridized carbons (Fsp3) is 0. The van der Waals surface area contributed by atoms with Crippen LogP contribution in [-0.2, 0) is 0 Å². The van der Waals surface area contributed by atoms with Gasteiger partial charge in [0.05, 0.1) is 11.9 Å². The van der Waals surface area contributed by atoms with E-state index in [4.69, 9.17) is 5.26 Å². The Morgan fingerprint density at radius 3 is 2.53 bits per heavy atom. The highest BCUT2D eigenvalue weighted by atomic mass is 79.9. The Morgan fingerprint density at radius 2 is 2.00 bits per heavy atom. The van der Waals surface area contributed by atoms with E-state index in [-0.39, 0.29) is 5.82 Å². The molecule has 5 heteroatoms. The summed E-state index contributed by atoms with van der Waals surface area (Å²) in [6, 6.07) is 7.86. The minimum absolute atomic E-state index is 0.303. The van der Waals surface area contributed by atoms with Gasteiger partial charge in [0.15, 0.2) is 0 Å². The molecule has 0 amide bonds. The molecule has 2 rings (SSSR count). The molecule has 1 heterocycles. The van der Waals surface area contributed by atoms with Crippen molar-refractivity contribution in [1.29, 1.82) is 5.26 Å². The highest BCUT2D eigenvalue weighted by molar-refractivity contribution is 9.10. The normalized spacial score (nSPS) is 9.93. The molecule has 2 aromatic rings. The van der Waals surface area contributed by atoms with Crippen molar-refractivity contribution in [2.24, 2.45) is 0 Å². The Hall–Kier alpha value is -1.67. The van der Waals surface area contributed by atoms with Gasteiger partial charge in [0.25, 0.3) is 0 Å². The molecule has 0 aliphatic heterocycles. The molecule has 0 saturated carbocycles. The third-order valence-corrected chi connectivity index (χ3v) is 2.67. The molecular weight excluding hydrogens is 261 g/mol. The van der Waals surface area contributed by atoms with E-state index in [1.165, 1.54) is 23.0 Å². The van der Waals surface area contributed by atoms with Crippen LogP contribution in [0, 0.1) is 17.1 Å². The van der Waals surface area contributed by atoms with Crippen LogP contribution in [0.1, 0.15) is 5.56 Å². The Balaban J connectivity index is 2.51. The molecule has 0 aliphatic carbocycles. The van der Waals surface area contributed by atoms with Crippen LogP contribution in [0.2, 0.25) is 0 Å². The first-order valence-corrected chi connectivity index (χ1v) is 4.91. The summed E-state index contributed by atoms with van der Waals surface area (Å²) in [5, 5.41) is 12.7. The molecular formula is C10H5BrFN3. The maximum absolute atomic E-state index is 12.7. The summed E-state index contributed by atoms with van der Waals surface area (Å²) >= 11 is 3.25. The van der Waals surface area contributed by atoms with E-state index in [0.717, 1.165) is 0 Å². The lowest BCUT2D eigenvalue weighted by Gasteiger charge is -2.02. The standard InChI is InChI=1S/C10H5BrFN3/c11-10-7(5-13)6-14-15(10)9-3-1-8(12)2-4-9/h1-4,6H. The maximum Gasteiger partial charge on any atom is 0.127 e. The first-order valence-electron chi connectivity index (χ1n) is 4.12. The number of hydrogen-bond donors (Lipinski definition) is 0. The Morgan fingerprint density at radius 1 is 1.33 bits per heavy atom. The van der Waals surface area contributed by atoms with Gasteiger partial charge in [-0.25, -0.2) is 9.07 Å². The molecule has 15 heavy (non-hydrogen) atoms. The van der Waals surface area contributed by atoms with Crippen LogP contribution >= 0.6 is 15.9 Å². The van der Waals surface area contributed by atoms with Crippen LogP contribution in [0.25, 0.3) is 5.69 Å². The monoisotopic (exact) mass is 265 g/mol. The van der Waals surface area contributed by atoms with Gasteiger partial charge in [0.1, 0.15) is 22.1 Å². The van der Waals surface area contributed by atoms with Gasteiger partial charge in [-0.3, -0.25) is 0 Å². The molecule has 3 nitrogen and oxygen atoms in total. The average molecular weight is 266 g/mol. The van der Waals surface area contributed by atoms with Gasteiger partial charge in [0.2, 0.25) is 0 Å². The number of aromatic nitrogens is 2. The molecule has 74 valence electrons. The number of nitriles is 1. The Kier molecular flexibility index (Phi) is 2.52. The van der Waals surface area contributed by atoms with Crippen molar-refractivity contribution >= 4 is 15.9 Å². The first kappa shape index (κ1) is 9.87. The Bertz CT molecular complexity index is 525. The zero-order chi connectivity index (χ0) is 10.8. The third kappa shape index (κ3) is 1.76. The zero-order valence-corrected chi connectivity index (χ0v) is 9.07. The molecule has 1 aromatic carbocycles. The van der Waals surface area contributed by atoms with Crippen LogP contribution in [-0.4, -0.2) is 9.78 Å². The maximum atomic E-state index is 12.7. The summed E-state index contributed by atoms with van der Waals surface area (Å²) in [5.74, 6) is -0.303. The number of hydrogen-bond acceptors (Lipinski definition) is 2. The van der Waals surface area contributed by atoms with Crippen molar-refractivity contribution in [3.8, 4) is 11.8 Å². The highest BCUT2D eigenvalue weighted by Crippen LogP contribution is 2.19. The molecule has 0 fully saturated rings. The summed E-state index contributed by atoms with van der Waals surface area (Å²) in [5.41, 5.74) is 1.14. The summed E-state index contributed by atoms with van der Waals surface area (Å²) in [6.45, 7) is 0. The van der Waals surface area contributed by atoms with Crippen molar-refractivity contribution in [2.75, 3.05) is 0 Å². The molecule has 0 saturated heterocycles. The molecule has 0 unspecified atom stereocenters. The van der Waals surface area contributed by atoms with Crippen molar-refractivity contribution in [3.63, 3.8) is 0 Å². The largest absolute Gasteiger partial charge is 0.225 e. The number of benzene rings is 1. The SMILES string of the molecule is N#Cc1cnn(-c2ccc(F)cc2)c1Br. The minimum Gasteiger partial charge on any atom is -0.225 e. The van der Waals surface area contributed by atoms with Crippen molar-refractivity contribution in [2.45, 2.75) is 0 Å². The molecule has 1 aromatic heterocycles. The van der Waals surface area contributed by atoms with Gasteiger partial charge in [-0.1, -0.05) is 0 Å². The highest BCUT2D eigenvalue weighted by Gasteiger charge is 2.08. The molecule has 0 atom stereocenters. The average Bonchev–Trinajstić information content (AvgIpc) is 2.61. The molecule has 0 aliphatic rings. The van der Waals surface area contributed by atoms with Gasteiger partial charge in [0, 0.05) is 0 Å². The van der Waals surface area contributed by atoms with Crippen molar-refractivity contribution in [3.05, 3.63) is 46.4 Å². The lowest BCUT2D eigenvalue weighted by molar-refractivity contribution is 0.627.